The predicted molar refractivity (Wildman–Crippen MR) is 115 cm³/mol. The van der Waals surface area contributed by atoms with Crippen molar-refractivity contribution in [3.05, 3.63) is 63.4 Å². The van der Waals surface area contributed by atoms with Crippen LogP contribution < -0.4 is 0 Å². The van der Waals surface area contributed by atoms with E-state index in [2.05, 4.69) is 15.0 Å². The number of aromatic nitrogens is 2. The van der Waals surface area contributed by atoms with Crippen molar-refractivity contribution < 1.29 is 12.9 Å². The summed E-state index contributed by atoms with van der Waals surface area (Å²) in [7, 11) is -3.77. The van der Waals surface area contributed by atoms with Crippen LogP contribution in [0.4, 0.5) is 0 Å². The van der Waals surface area contributed by atoms with Gasteiger partial charge in [0.05, 0.1) is 16.6 Å². The summed E-state index contributed by atoms with van der Waals surface area (Å²) in [5.41, 5.74) is 0.807. The lowest BCUT2D eigenvalue weighted by Crippen LogP contribution is -2.48. The second kappa shape index (κ2) is 8.82. The average Bonchev–Trinajstić information content (AvgIpc) is 3.17. The highest BCUT2D eigenvalue weighted by Crippen LogP contribution is 2.32. The van der Waals surface area contributed by atoms with Crippen molar-refractivity contribution in [3.8, 4) is 11.4 Å². The van der Waals surface area contributed by atoms with E-state index in [0.717, 1.165) is 5.56 Å². The Bertz CT molecular complexity index is 1120. The molecule has 158 valence electrons. The monoisotopic (exact) mass is 486 g/mol. The predicted octanol–water partition coefficient (Wildman–Crippen LogP) is 4.20. The van der Waals surface area contributed by atoms with Gasteiger partial charge >= 0.3 is 0 Å². The third-order valence-corrected chi connectivity index (χ3v) is 7.88. The average molecular weight is 488 g/mol. The summed E-state index contributed by atoms with van der Waals surface area (Å²) in [6.45, 7) is 2.07. The Balaban J connectivity index is 1.40. The highest BCUT2D eigenvalue weighted by Gasteiger charge is 2.32. The molecule has 0 bridgehead atoms. The summed E-state index contributed by atoms with van der Waals surface area (Å²) < 4.78 is 32.7. The summed E-state index contributed by atoms with van der Waals surface area (Å²) in [4.78, 5) is 6.42. The van der Waals surface area contributed by atoms with Crippen LogP contribution in [0, 0.1) is 0 Å². The zero-order chi connectivity index (χ0) is 21.3. The number of hydrogen-bond donors (Lipinski definition) is 0. The fraction of sp³-hybridized carbons (Fsp3) is 0.263. The fourth-order valence-corrected chi connectivity index (χ4v) is 5.85. The molecule has 2 heterocycles. The molecule has 0 amide bonds. The lowest BCUT2D eigenvalue weighted by Gasteiger charge is -2.33. The Kier molecular flexibility index (Phi) is 6.34. The van der Waals surface area contributed by atoms with Crippen LogP contribution in [0.15, 0.2) is 51.9 Å². The molecule has 3 aromatic rings. The number of rotatable bonds is 5. The zero-order valence-corrected chi connectivity index (χ0v) is 18.7. The van der Waals surface area contributed by atoms with Crippen LogP contribution in [0.2, 0.25) is 15.1 Å². The number of benzene rings is 2. The van der Waals surface area contributed by atoms with Crippen LogP contribution in [0.25, 0.3) is 11.4 Å². The molecule has 2 aromatic carbocycles. The molecule has 0 radical (unpaired) electrons. The molecule has 0 spiro atoms. The standard InChI is InChI=1S/C19H17Cl3N4O3S/c20-14-6-4-13(5-7-14)19-23-17(29-24-19)12-25-8-10-26(11-9-25)30(27,28)18-15(21)2-1-3-16(18)22/h1-7H,8-12H2. The molecule has 0 saturated carbocycles. The van der Waals surface area contributed by atoms with E-state index in [4.69, 9.17) is 39.3 Å². The highest BCUT2D eigenvalue weighted by molar-refractivity contribution is 7.89. The van der Waals surface area contributed by atoms with E-state index >= 15 is 0 Å². The van der Waals surface area contributed by atoms with Gasteiger partial charge in [-0.15, -0.1) is 0 Å². The first kappa shape index (κ1) is 21.5. The van der Waals surface area contributed by atoms with E-state index < -0.39 is 10.0 Å². The molecule has 4 rings (SSSR count). The van der Waals surface area contributed by atoms with E-state index in [1.54, 1.807) is 18.2 Å². The van der Waals surface area contributed by atoms with Gasteiger partial charge in [-0.05, 0) is 36.4 Å². The van der Waals surface area contributed by atoms with Gasteiger partial charge in [0.1, 0.15) is 4.90 Å². The quantitative estimate of drug-likeness (QED) is 0.536. The smallest absolute Gasteiger partial charge is 0.246 e. The van der Waals surface area contributed by atoms with Gasteiger partial charge in [-0.3, -0.25) is 4.90 Å². The van der Waals surface area contributed by atoms with Gasteiger partial charge in [0.2, 0.25) is 21.7 Å². The maximum absolute atomic E-state index is 13.0. The molecule has 0 aliphatic carbocycles. The minimum Gasteiger partial charge on any atom is -0.338 e. The van der Waals surface area contributed by atoms with Crippen molar-refractivity contribution >= 4 is 44.8 Å². The van der Waals surface area contributed by atoms with Gasteiger partial charge in [0, 0.05) is 36.8 Å². The maximum Gasteiger partial charge on any atom is 0.246 e. The minimum atomic E-state index is -3.77. The topological polar surface area (TPSA) is 79.5 Å². The van der Waals surface area contributed by atoms with E-state index in [9.17, 15) is 8.42 Å². The zero-order valence-electron chi connectivity index (χ0n) is 15.6. The van der Waals surface area contributed by atoms with Gasteiger partial charge in [-0.2, -0.15) is 9.29 Å². The first-order valence-electron chi connectivity index (χ1n) is 9.09. The Morgan fingerprint density at radius 3 is 2.20 bits per heavy atom. The first-order valence-corrected chi connectivity index (χ1v) is 11.7. The second-order valence-corrected chi connectivity index (χ2v) is 9.88. The van der Waals surface area contributed by atoms with Crippen molar-refractivity contribution in [2.45, 2.75) is 11.4 Å². The third kappa shape index (κ3) is 4.49. The summed E-state index contributed by atoms with van der Waals surface area (Å²) in [6.07, 6.45) is 0. The van der Waals surface area contributed by atoms with Gasteiger partial charge in [-0.1, -0.05) is 46.0 Å². The van der Waals surface area contributed by atoms with Crippen LogP contribution in [0.5, 0.6) is 0 Å². The molecule has 0 N–H and O–H groups in total. The lowest BCUT2D eigenvalue weighted by atomic mass is 10.2. The Hall–Kier alpha value is -1.68. The van der Waals surface area contributed by atoms with Crippen molar-refractivity contribution in [3.63, 3.8) is 0 Å². The maximum atomic E-state index is 13.0. The van der Waals surface area contributed by atoms with Gasteiger partial charge in [0.25, 0.3) is 0 Å². The van der Waals surface area contributed by atoms with E-state index in [1.807, 2.05) is 12.1 Å². The summed E-state index contributed by atoms with van der Waals surface area (Å²) >= 11 is 18.1. The van der Waals surface area contributed by atoms with E-state index in [0.29, 0.717) is 49.5 Å². The molecule has 1 aliphatic heterocycles. The van der Waals surface area contributed by atoms with E-state index in [1.165, 1.54) is 16.4 Å². The largest absolute Gasteiger partial charge is 0.338 e. The molecular weight excluding hydrogens is 471 g/mol. The van der Waals surface area contributed by atoms with Crippen molar-refractivity contribution in [2.75, 3.05) is 26.2 Å². The fourth-order valence-electron chi connectivity index (χ4n) is 3.21. The van der Waals surface area contributed by atoms with Crippen LogP contribution in [0.3, 0.4) is 0 Å². The van der Waals surface area contributed by atoms with E-state index in [-0.39, 0.29) is 14.9 Å². The number of hydrogen-bond acceptors (Lipinski definition) is 6. The highest BCUT2D eigenvalue weighted by atomic mass is 35.5. The summed E-state index contributed by atoms with van der Waals surface area (Å²) in [6, 6.07) is 11.8. The minimum absolute atomic E-state index is 0.0497. The lowest BCUT2D eigenvalue weighted by molar-refractivity contribution is 0.163. The van der Waals surface area contributed by atoms with Crippen LogP contribution in [-0.2, 0) is 16.6 Å². The van der Waals surface area contributed by atoms with Crippen LogP contribution >= 0.6 is 34.8 Å². The number of nitrogens with zero attached hydrogens (tertiary/aromatic N) is 4. The Morgan fingerprint density at radius 2 is 1.57 bits per heavy atom. The molecule has 1 saturated heterocycles. The second-order valence-electron chi connectivity index (χ2n) is 6.75. The van der Waals surface area contributed by atoms with Crippen LogP contribution in [-0.4, -0.2) is 53.9 Å². The van der Waals surface area contributed by atoms with Crippen molar-refractivity contribution in [1.29, 1.82) is 0 Å². The summed E-state index contributed by atoms with van der Waals surface area (Å²) in [5, 5.41) is 4.87. The molecule has 7 nitrogen and oxygen atoms in total. The van der Waals surface area contributed by atoms with Gasteiger partial charge in [-0.25, -0.2) is 8.42 Å². The van der Waals surface area contributed by atoms with Crippen LogP contribution in [0.1, 0.15) is 5.89 Å². The normalized spacial score (nSPS) is 16.1. The Labute approximate surface area is 189 Å². The molecule has 30 heavy (non-hydrogen) atoms. The third-order valence-electron chi connectivity index (χ3n) is 4.78. The van der Waals surface area contributed by atoms with Crippen molar-refractivity contribution in [1.82, 2.24) is 19.3 Å². The number of sulfonamides is 1. The van der Waals surface area contributed by atoms with Gasteiger partial charge < -0.3 is 4.52 Å². The molecule has 1 aromatic heterocycles. The van der Waals surface area contributed by atoms with Gasteiger partial charge in [0.15, 0.2) is 0 Å². The number of piperazine rings is 1. The summed E-state index contributed by atoms with van der Waals surface area (Å²) in [5.74, 6) is 0.946. The molecule has 0 unspecified atom stereocenters. The Morgan fingerprint density at radius 1 is 0.933 bits per heavy atom. The first-order chi connectivity index (χ1) is 14.3. The number of halogens is 3. The molecule has 1 aliphatic rings. The molecule has 1 fully saturated rings. The molecular formula is C19H17Cl3N4O3S. The van der Waals surface area contributed by atoms with Crippen molar-refractivity contribution in [2.24, 2.45) is 0 Å². The molecule has 11 heteroatoms. The molecule has 0 atom stereocenters. The SMILES string of the molecule is O=S(=O)(c1c(Cl)cccc1Cl)N1CCN(Cc2nc(-c3ccc(Cl)cc3)no2)CC1.